The molecule has 0 aliphatic heterocycles. The van der Waals surface area contributed by atoms with E-state index in [-0.39, 0.29) is 5.69 Å². The Morgan fingerprint density at radius 3 is 2.54 bits per heavy atom. The zero-order valence-electron chi connectivity index (χ0n) is 13.8. The van der Waals surface area contributed by atoms with E-state index >= 15 is 0 Å². The highest BCUT2D eigenvalue weighted by atomic mass is 35.5. The van der Waals surface area contributed by atoms with E-state index < -0.39 is 4.92 Å². The third kappa shape index (κ3) is 3.66. The highest BCUT2D eigenvalue weighted by Crippen LogP contribution is 2.30. The van der Waals surface area contributed by atoms with E-state index in [1.807, 2.05) is 0 Å². The van der Waals surface area contributed by atoms with E-state index in [2.05, 4.69) is 6.07 Å². The van der Waals surface area contributed by atoms with Crippen LogP contribution < -0.4 is 0 Å². The molecule has 3 rings (SSSR count). The first kappa shape index (κ1) is 17.5. The summed E-state index contributed by atoms with van der Waals surface area (Å²) in [7, 11) is 0. The highest BCUT2D eigenvalue weighted by Gasteiger charge is 2.12. The van der Waals surface area contributed by atoms with E-state index in [0.717, 1.165) is 16.7 Å². The lowest BCUT2D eigenvalue weighted by atomic mass is 10.1. The maximum Gasteiger partial charge on any atom is 0.269 e. The zero-order valence-corrected chi connectivity index (χ0v) is 14.5. The summed E-state index contributed by atoms with van der Waals surface area (Å²) in [5, 5.41) is 20.9. The molecular weight excluding hydrogens is 352 g/mol. The predicted molar refractivity (Wildman–Crippen MR) is 100 cm³/mol. The molecule has 0 spiro atoms. The Balaban J connectivity index is 1.93. The molecule has 2 aromatic carbocycles. The van der Waals surface area contributed by atoms with Gasteiger partial charge >= 0.3 is 0 Å². The lowest BCUT2D eigenvalue weighted by Crippen LogP contribution is -1.89. The Morgan fingerprint density at radius 2 is 1.92 bits per heavy atom. The van der Waals surface area contributed by atoms with Gasteiger partial charge in [0.25, 0.3) is 5.69 Å². The molecule has 0 unspecified atom stereocenters. The van der Waals surface area contributed by atoms with Crippen LogP contribution in [0.4, 0.5) is 5.69 Å². The second-order valence-electron chi connectivity index (χ2n) is 5.64. The predicted octanol–water partition coefficient (Wildman–Crippen LogP) is 5.88. The number of nitrogens with zero attached hydrogens (tertiary/aromatic N) is 2. The van der Waals surface area contributed by atoms with Crippen LogP contribution >= 0.6 is 11.6 Å². The molecule has 0 fully saturated rings. The zero-order chi connectivity index (χ0) is 18.7. The van der Waals surface area contributed by atoms with E-state index in [9.17, 15) is 15.4 Å². The molecule has 0 saturated heterocycles. The van der Waals surface area contributed by atoms with Crippen molar-refractivity contribution in [1.29, 1.82) is 5.26 Å². The molecule has 0 saturated carbocycles. The molecule has 0 bridgehead atoms. The maximum atomic E-state index is 10.9. The second-order valence-corrected chi connectivity index (χ2v) is 6.07. The largest absolute Gasteiger partial charge is 0.457 e. The number of hydrogen-bond acceptors (Lipinski definition) is 4. The van der Waals surface area contributed by atoms with E-state index in [4.69, 9.17) is 16.0 Å². The van der Waals surface area contributed by atoms with Crippen molar-refractivity contribution in [2.75, 3.05) is 0 Å². The van der Waals surface area contributed by atoms with Gasteiger partial charge in [-0.1, -0.05) is 23.7 Å². The van der Waals surface area contributed by atoms with Crippen LogP contribution in [-0.4, -0.2) is 4.92 Å². The van der Waals surface area contributed by atoms with Gasteiger partial charge in [0.2, 0.25) is 0 Å². The lowest BCUT2D eigenvalue weighted by molar-refractivity contribution is -0.384. The number of aryl methyl sites for hydroxylation is 1. The van der Waals surface area contributed by atoms with Gasteiger partial charge in [-0.25, -0.2) is 0 Å². The SMILES string of the molecule is Cc1cc([N+](=O)[O-])ccc1-c1ccc(/C=C(/C#N)c2ccc(Cl)cc2)o1. The van der Waals surface area contributed by atoms with Gasteiger partial charge < -0.3 is 4.42 Å². The molecule has 128 valence electrons. The van der Waals surface area contributed by atoms with Gasteiger partial charge in [0, 0.05) is 22.7 Å². The second kappa shape index (κ2) is 7.26. The Morgan fingerprint density at radius 1 is 1.19 bits per heavy atom. The van der Waals surface area contributed by atoms with Crippen LogP contribution in [-0.2, 0) is 0 Å². The Labute approximate surface area is 154 Å². The molecule has 26 heavy (non-hydrogen) atoms. The summed E-state index contributed by atoms with van der Waals surface area (Å²) in [4.78, 5) is 10.4. The van der Waals surface area contributed by atoms with Crippen LogP contribution in [0.1, 0.15) is 16.9 Å². The summed E-state index contributed by atoms with van der Waals surface area (Å²) in [6.45, 7) is 1.79. The minimum atomic E-state index is -0.432. The first-order valence-electron chi connectivity index (χ1n) is 7.71. The van der Waals surface area contributed by atoms with Gasteiger partial charge in [0.15, 0.2) is 0 Å². The molecule has 0 aliphatic carbocycles. The number of allylic oxidation sites excluding steroid dienone is 1. The van der Waals surface area contributed by atoms with Crippen LogP contribution in [0.25, 0.3) is 23.0 Å². The molecule has 0 atom stereocenters. The third-order valence-corrected chi connectivity index (χ3v) is 4.13. The number of nitro benzene ring substituents is 1. The molecule has 0 N–H and O–H groups in total. The number of furan rings is 1. The fraction of sp³-hybridized carbons (Fsp3) is 0.0500. The molecule has 0 aliphatic rings. The number of benzene rings is 2. The number of nitro groups is 1. The molecule has 3 aromatic rings. The monoisotopic (exact) mass is 364 g/mol. The van der Waals surface area contributed by atoms with Gasteiger partial charge in [0.05, 0.1) is 16.6 Å². The first-order chi connectivity index (χ1) is 12.5. The van der Waals surface area contributed by atoms with E-state index in [1.54, 1.807) is 55.5 Å². The van der Waals surface area contributed by atoms with Crippen LogP contribution in [0.5, 0.6) is 0 Å². The van der Waals surface area contributed by atoms with E-state index in [0.29, 0.717) is 22.1 Å². The van der Waals surface area contributed by atoms with Crippen molar-refractivity contribution in [1.82, 2.24) is 0 Å². The fourth-order valence-electron chi connectivity index (χ4n) is 2.56. The van der Waals surface area contributed by atoms with Crippen LogP contribution in [0.15, 0.2) is 59.0 Å². The van der Waals surface area contributed by atoms with Crippen molar-refractivity contribution in [3.05, 3.63) is 86.6 Å². The molecule has 5 nitrogen and oxygen atoms in total. The Hall–Kier alpha value is -3.36. The van der Waals surface area contributed by atoms with Gasteiger partial charge in [-0.2, -0.15) is 5.26 Å². The van der Waals surface area contributed by atoms with Gasteiger partial charge in [0.1, 0.15) is 11.5 Å². The van der Waals surface area contributed by atoms with Crippen LogP contribution in [0, 0.1) is 28.4 Å². The standard InChI is InChI=1S/C20H13ClN2O3/c1-13-10-17(23(24)25)6-8-19(13)20-9-7-18(26-20)11-15(12-22)14-2-4-16(21)5-3-14/h2-11H,1H3/b15-11-. The third-order valence-electron chi connectivity index (χ3n) is 3.88. The van der Waals surface area contributed by atoms with Gasteiger partial charge in [-0.3, -0.25) is 10.1 Å². The number of nitriles is 1. The average Bonchev–Trinajstić information content (AvgIpc) is 3.08. The van der Waals surface area contributed by atoms with E-state index in [1.165, 1.54) is 12.1 Å². The summed E-state index contributed by atoms with van der Waals surface area (Å²) in [5.74, 6) is 1.10. The molecule has 6 heteroatoms. The fourth-order valence-corrected chi connectivity index (χ4v) is 2.69. The first-order valence-corrected chi connectivity index (χ1v) is 8.08. The molecule has 0 amide bonds. The lowest BCUT2D eigenvalue weighted by Gasteiger charge is -2.02. The van der Waals surface area contributed by atoms with Crippen LogP contribution in [0.2, 0.25) is 5.02 Å². The summed E-state index contributed by atoms with van der Waals surface area (Å²) in [5.41, 5.74) is 2.72. The minimum Gasteiger partial charge on any atom is -0.457 e. The van der Waals surface area contributed by atoms with Crippen molar-refractivity contribution in [3.63, 3.8) is 0 Å². The molecule has 1 aromatic heterocycles. The normalized spacial score (nSPS) is 11.2. The van der Waals surface area contributed by atoms with Gasteiger partial charge in [-0.15, -0.1) is 0 Å². The molecule has 0 radical (unpaired) electrons. The number of halogens is 1. The maximum absolute atomic E-state index is 10.9. The van der Waals surface area contributed by atoms with Crippen LogP contribution in [0.3, 0.4) is 0 Å². The number of non-ortho nitro benzene ring substituents is 1. The summed E-state index contributed by atoms with van der Waals surface area (Å²) in [6, 6.07) is 17.2. The quantitative estimate of drug-likeness (QED) is 0.329. The molecular formula is C20H13ClN2O3. The topological polar surface area (TPSA) is 80.1 Å². The smallest absolute Gasteiger partial charge is 0.269 e. The Bertz CT molecular complexity index is 1040. The summed E-state index contributed by atoms with van der Waals surface area (Å²) >= 11 is 5.87. The van der Waals surface area contributed by atoms with Crippen molar-refractivity contribution in [2.45, 2.75) is 6.92 Å². The molecule has 1 heterocycles. The van der Waals surface area contributed by atoms with Crippen molar-refractivity contribution < 1.29 is 9.34 Å². The average molecular weight is 365 g/mol. The number of hydrogen-bond donors (Lipinski definition) is 0. The van der Waals surface area contributed by atoms with Gasteiger partial charge in [-0.05, 0) is 54.5 Å². The number of rotatable bonds is 4. The summed E-state index contributed by atoms with van der Waals surface area (Å²) < 4.78 is 5.80. The minimum absolute atomic E-state index is 0.0347. The Kier molecular flexibility index (Phi) is 4.87. The highest BCUT2D eigenvalue weighted by molar-refractivity contribution is 6.30. The van der Waals surface area contributed by atoms with Crippen molar-refractivity contribution in [2.24, 2.45) is 0 Å². The van der Waals surface area contributed by atoms with Crippen molar-refractivity contribution >= 4 is 28.9 Å². The summed E-state index contributed by atoms with van der Waals surface area (Å²) in [6.07, 6.45) is 1.65. The van der Waals surface area contributed by atoms with Crippen molar-refractivity contribution in [3.8, 4) is 17.4 Å².